The van der Waals surface area contributed by atoms with Gasteiger partial charge in [0.1, 0.15) is 18.3 Å². The maximum absolute atomic E-state index is 9.75. The lowest BCUT2D eigenvalue weighted by Gasteiger charge is -2.34. The summed E-state index contributed by atoms with van der Waals surface area (Å²) in [5, 5.41) is 28.5. The smallest absolute Gasteiger partial charge is 0.183 e. The van der Waals surface area contributed by atoms with E-state index in [4.69, 9.17) is 9.47 Å². The number of ether oxygens (including phenoxy) is 2. The minimum Gasteiger partial charge on any atom is -0.387 e. The normalized spacial score (nSPS) is 28.9. The van der Waals surface area contributed by atoms with Crippen molar-refractivity contribution in [2.45, 2.75) is 95.7 Å². The fraction of sp³-hybridized carbons (Fsp3) is 1.00. The zero-order chi connectivity index (χ0) is 16.2. The van der Waals surface area contributed by atoms with Crippen LogP contribution < -0.4 is 0 Å². The molecule has 0 aromatic rings. The van der Waals surface area contributed by atoms with Crippen molar-refractivity contribution >= 4 is 0 Å². The zero-order valence-electron chi connectivity index (χ0n) is 14.0. The number of hydrogen-bond acceptors (Lipinski definition) is 5. The van der Waals surface area contributed by atoms with Crippen LogP contribution in [0.2, 0.25) is 0 Å². The Morgan fingerprint density at radius 2 is 1.36 bits per heavy atom. The maximum atomic E-state index is 9.75. The minimum absolute atomic E-state index is 0.122. The monoisotopic (exact) mass is 318 g/mol. The fourth-order valence-corrected chi connectivity index (χ4v) is 2.75. The molecule has 5 heteroatoms. The molecule has 0 bridgehead atoms. The highest BCUT2D eigenvalue weighted by Crippen LogP contribution is 2.17. The summed E-state index contributed by atoms with van der Waals surface area (Å²) in [6, 6.07) is 0. The van der Waals surface area contributed by atoms with Crippen LogP contribution >= 0.6 is 0 Å². The van der Waals surface area contributed by atoms with Gasteiger partial charge in [0.05, 0.1) is 6.61 Å². The first kappa shape index (κ1) is 19.8. The number of rotatable bonds is 12. The summed E-state index contributed by atoms with van der Waals surface area (Å²) < 4.78 is 10.5. The van der Waals surface area contributed by atoms with Gasteiger partial charge in [-0.05, 0) is 6.42 Å². The van der Waals surface area contributed by atoms with Gasteiger partial charge in [0.25, 0.3) is 0 Å². The van der Waals surface area contributed by atoms with Gasteiger partial charge in [-0.2, -0.15) is 0 Å². The molecule has 1 aliphatic heterocycles. The molecule has 0 spiro atoms. The van der Waals surface area contributed by atoms with Crippen molar-refractivity contribution in [1.29, 1.82) is 0 Å². The van der Waals surface area contributed by atoms with Gasteiger partial charge in [-0.1, -0.05) is 64.7 Å². The Balaban J connectivity index is 1.89. The Morgan fingerprint density at radius 3 is 1.95 bits per heavy atom. The molecule has 22 heavy (non-hydrogen) atoms. The van der Waals surface area contributed by atoms with Crippen LogP contribution in [-0.2, 0) is 9.47 Å². The van der Waals surface area contributed by atoms with E-state index in [9.17, 15) is 15.3 Å². The molecule has 1 heterocycles. The van der Waals surface area contributed by atoms with Gasteiger partial charge in [-0.15, -0.1) is 0 Å². The predicted molar refractivity (Wildman–Crippen MR) is 85.6 cm³/mol. The molecule has 5 nitrogen and oxygen atoms in total. The number of aliphatic hydroxyl groups is 3. The van der Waals surface area contributed by atoms with Crippen molar-refractivity contribution in [2.75, 3.05) is 13.2 Å². The van der Waals surface area contributed by atoms with E-state index in [1.807, 2.05) is 0 Å². The van der Waals surface area contributed by atoms with Crippen molar-refractivity contribution < 1.29 is 24.8 Å². The van der Waals surface area contributed by atoms with E-state index in [2.05, 4.69) is 6.92 Å². The van der Waals surface area contributed by atoms with Gasteiger partial charge in [0.2, 0.25) is 0 Å². The molecule has 0 amide bonds. The van der Waals surface area contributed by atoms with E-state index in [1.54, 1.807) is 0 Å². The van der Waals surface area contributed by atoms with Gasteiger partial charge in [-0.25, -0.2) is 0 Å². The summed E-state index contributed by atoms with van der Waals surface area (Å²) in [6.07, 6.45) is 8.45. The molecule has 1 saturated heterocycles. The number of hydrogen-bond donors (Lipinski definition) is 3. The van der Waals surface area contributed by atoms with E-state index in [0.29, 0.717) is 6.61 Å². The molecule has 0 radical (unpaired) electrons. The largest absolute Gasteiger partial charge is 0.387 e. The van der Waals surface area contributed by atoms with Crippen LogP contribution in [0.4, 0.5) is 0 Å². The second-order valence-electron chi connectivity index (χ2n) is 6.30. The van der Waals surface area contributed by atoms with Crippen LogP contribution in [0.3, 0.4) is 0 Å². The van der Waals surface area contributed by atoms with Gasteiger partial charge in [0.15, 0.2) is 6.29 Å². The molecule has 1 unspecified atom stereocenters. The Kier molecular flexibility index (Phi) is 11.1. The van der Waals surface area contributed by atoms with Crippen molar-refractivity contribution in [2.24, 2.45) is 0 Å². The molecule has 3 N–H and O–H groups in total. The molecule has 0 saturated carbocycles. The Morgan fingerprint density at radius 1 is 0.818 bits per heavy atom. The topological polar surface area (TPSA) is 79.2 Å². The first-order valence-electron chi connectivity index (χ1n) is 8.94. The summed E-state index contributed by atoms with van der Waals surface area (Å²) in [4.78, 5) is 0. The molecule has 0 aromatic carbocycles. The summed E-state index contributed by atoms with van der Waals surface area (Å²) in [7, 11) is 0. The maximum Gasteiger partial charge on any atom is 0.183 e. The van der Waals surface area contributed by atoms with Crippen LogP contribution in [-0.4, -0.2) is 53.1 Å². The lowest BCUT2D eigenvalue weighted by Crippen LogP contribution is -2.53. The average molecular weight is 318 g/mol. The average Bonchev–Trinajstić information content (AvgIpc) is 2.52. The third-order valence-corrected chi connectivity index (χ3v) is 4.28. The second kappa shape index (κ2) is 12.3. The first-order chi connectivity index (χ1) is 10.7. The third-order valence-electron chi connectivity index (χ3n) is 4.28. The van der Waals surface area contributed by atoms with Crippen molar-refractivity contribution in [3.63, 3.8) is 0 Å². The second-order valence-corrected chi connectivity index (χ2v) is 6.30. The van der Waals surface area contributed by atoms with Crippen molar-refractivity contribution in [1.82, 2.24) is 0 Å². The van der Waals surface area contributed by atoms with Gasteiger partial charge in [-0.3, -0.25) is 0 Å². The Hall–Kier alpha value is -0.200. The molecule has 132 valence electrons. The van der Waals surface area contributed by atoms with Crippen molar-refractivity contribution in [3.05, 3.63) is 0 Å². The first-order valence-corrected chi connectivity index (χ1v) is 8.94. The summed E-state index contributed by atoms with van der Waals surface area (Å²) in [6.45, 7) is 2.92. The van der Waals surface area contributed by atoms with Crippen LogP contribution in [0.5, 0.6) is 0 Å². The SMILES string of the molecule is CCCCCCCCCCCCO[C@@H]1COC(O)[C@H](O)[C@H]1O. The van der Waals surface area contributed by atoms with E-state index in [0.717, 1.165) is 12.8 Å². The molecular formula is C17H34O5. The Bertz CT molecular complexity index is 261. The summed E-state index contributed by atoms with van der Waals surface area (Å²) >= 11 is 0. The molecule has 1 rings (SSSR count). The van der Waals surface area contributed by atoms with Gasteiger partial charge in [0, 0.05) is 6.61 Å². The van der Waals surface area contributed by atoms with Gasteiger partial charge >= 0.3 is 0 Å². The van der Waals surface area contributed by atoms with E-state index in [-0.39, 0.29) is 6.61 Å². The van der Waals surface area contributed by atoms with Crippen LogP contribution in [0.25, 0.3) is 0 Å². The molecule has 1 aliphatic rings. The lowest BCUT2D eigenvalue weighted by atomic mass is 10.1. The van der Waals surface area contributed by atoms with Crippen LogP contribution in [0.1, 0.15) is 71.1 Å². The minimum atomic E-state index is -1.31. The fourth-order valence-electron chi connectivity index (χ4n) is 2.75. The molecule has 1 fully saturated rings. The zero-order valence-corrected chi connectivity index (χ0v) is 14.0. The summed E-state index contributed by atoms with van der Waals surface area (Å²) in [5.74, 6) is 0. The highest BCUT2D eigenvalue weighted by Gasteiger charge is 2.37. The number of unbranched alkanes of at least 4 members (excludes halogenated alkanes) is 9. The van der Waals surface area contributed by atoms with E-state index < -0.39 is 24.6 Å². The van der Waals surface area contributed by atoms with Crippen LogP contribution in [0, 0.1) is 0 Å². The van der Waals surface area contributed by atoms with E-state index in [1.165, 1.54) is 51.4 Å². The van der Waals surface area contributed by atoms with E-state index >= 15 is 0 Å². The standard InChI is InChI=1S/C17H34O5/c1-2-3-4-5-6-7-8-9-10-11-12-21-14-13-22-17(20)16(19)15(14)18/h14-20H,2-13H2,1H3/t14-,15+,16-,17?/m1/s1. The molecular weight excluding hydrogens is 284 g/mol. The van der Waals surface area contributed by atoms with Crippen molar-refractivity contribution in [3.8, 4) is 0 Å². The van der Waals surface area contributed by atoms with Crippen LogP contribution in [0.15, 0.2) is 0 Å². The molecule has 4 atom stereocenters. The lowest BCUT2D eigenvalue weighted by molar-refractivity contribution is -0.260. The number of aliphatic hydroxyl groups excluding tert-OH is 3. The Labute approximate surface area is 134 Å². The highest BCUT2D eigenvalue weighted by molar-refractivity contribution is 4.82. The molecule has 0 aromatic heterocycles. The summed E-state index contributed by atoms with van der Waals surface area (Å²) in [5.41, 5.74) is 0. The highest BCUT2D eigenvalue weighted by atomic mass is 16.6. The predicted octanol–water partition coefficient (Wildman–Crippen LogP) is 2.36. The quantitative estimate of drug-likeness (QED) is 0.481. The van der Waals surface area contributed by atoms with Gasteiger partial charge < -0.3 is 24.8 Å². The third kappa shape index (κ3) is 7.88. The molecule has 0 aliphatic carbocycles.